The quantitative estimate of drug-likeness (QED) is 0.376. The molecule has 0 amide bonds. The number of rotatable bonds is 5. The summed E-state index contributed by atoms with van der Waals surface area (Å²) in [6.45, 7) is 5.51. The molecule has 0 atom stereocenters. The van der Waals surface area contributed by atoms with Gasteiger partial charge < -0.3 is 20.4 Å². The highest BCUT2D eigenvalue weighted by Crippen LogP contribution is 2.18. The molecule has 1 aliphatic rings. The summed E-state index contributed by atoms with van der Waals surface area (Å²) in [5, 5.41) is 10.9. The summed E-state index contributed by atoms with van der Waals surface area (Å²) in [4.78, 5) is 13.6. The van der Waals surface area contributed by atoms with Crippen molar-refractivity contribution in [3.63, 3.8) is 0 Å². The van der Waals surface area contributed by atoms with Crippen molar-refractivity contribution >= 4 is 35.8 Å². The highest BCUT2D eigenvalue weighted by molar-refractivity contribution is 14.0. The maximum Gasteiger partial charge on any atom is 0.191 e. The topological polar surface area (TPSA) is 73.6 Å². The SMILES string of the molecule is CN=C(NCc1cccnc1N1CCN(C)CC1)NCc1ccnn1C.I. The number of nitrogens with zero attached hydrogens (tertiary/aromatic N) is 6. The number of piperazine rings is 1. The number of nitrogens with one attached hydrogen (secondary N) is 2. The van der Waals surface area contributed by atoms with E-state index in [1.165, 1.54) is 5.56 Å². The van der Waals surface area contributed by atoms with Gasteiger partial charge in [-0.15, -0.1) is 24.0 Å². The minimum absolute atomic E-state index is 0. The van der Waals surface area contributed by atoms with Crippen molar-refractivity contribution in [3.8, 4) is 0 Å². The first kappa shape index (κ1) is 21.4. The summed E-state index contributed by atoms with van der Waals surface area (Å²) in [6.07, 6.45) is 3.66. The van der Waals surface area contributed by atoms with Gasteiger partial charge in [0.25, 0.3) is 0 Å². The number of likely N-dealkylation sites (N-methyl/N-ethyl adjacent to an activating group) is 1. The molecule has 8 nitrogen and oxygen atoms in total. The highest BCUT2D eigenvalue weighted by Gasteiger charge is 2.18. The Balaban J connectivity index is 0.00000261. The molecular formula is C18H29IN8. The van der Waals surface area contributed by atoms with Crippen LogP contribution in [0.4, 0.5) is 5.82 Å². The predicted molar refractivity (Wildman–Crippen MR) is 120 cm³/mol. The first-order valence-electron chi connectivity index (χ1n) is 8.96. The van der Waals surface area contributed by atoms with Crippen LogP contribution in [0.1, 0.15) is 11.3 Å². The van der Waals surface area contributed by atoms with Gasteiger partial charge in [0.2, 0.25) is 0 Å². The molecule has 2 N–H and O–H groups in total. The standard InChI is InChI=1S/C18H28N8.HI/c1-19-18(22-14-16-6-8-23-25(16)3)21-13-15-5-4-7-20-17(15)26-11-9-24(2)10-12-26;/h4-8H,9-14H2,1-3H3,(H2,19,21,22);1H. The van der Waals surface area contributed by atoms with Gasteiger partial charge in [-0.25, -0.2) is 4.98 Å². The molecule has 3 rings (SSSR count). The number of hydrogen-bond acceptors (Lipinski definition) is 5. The van der Waals surface area contributed by atoms with E-state index >= 15 is 0 Å². The van der Waals surface area contributed by atoms with Crippen LogP contribution in [0, 0.1) is 0 Å². The first-order valence-corrected chi connectivity index (χ1v) is 8.96. The third-order valence-electron chi connectivity index (χ3n) is 4.70. The molecule has 0 unspecified atom stereocenters. The Bertz CT molecular complexity index is 736. The van der Waals surface area contributed by atoms with Crippen LogP contribution in [0.5, 0.6) is 0 Å². The normalized spacial score (nSPS) is 15.4. The van der Waals surface area contributed by atoms with Gasteiger partial charge in [-0.2, -0.15) is 5.10 Å². The van der Waals surface area contributed by atoms with E-state index in [1.807, 2.05) is 30.1 Å². The summed E-state index contributed by atoms with van der Waals surface area (Å²) in [5.41, 5.74) is 2.29. The Hall–Kier alpha value is -1.88. The summed E-state index contributed by atoms with van der Waals surface area (Å²) >= 11 is 0. The fraction of sp³-hybridized carbons (Fsp3) is 0.500. The van der Waals surface area contributed by atoms with Crippen LogP contribution in [0.15, 0.2) is 35.6 Å². The van der Waals surface area contributed by atoms with Crippen molar-refractivity contribution in [2.24, 2.45) is 12.0 Å². The van der Waals surface area contributed by atoms with Crippen LogP contribution < -0.4 is 15.5 Å². The second kappa shape index (κ2) is 10.5. The van der Waals surface area contributed by atoms with Crippen molar-refractivity contribution in [2.75, 3.05) is 45.2 Å². The molecule has 2 aromatic heterocycles. The lowest BCUT2D eigenvalue weighted by molar-refractivity contribution is 0.312. The number of hydrogen-bond donors (Lipinski definition) is 2. The van der Waals surface area contributed by atoms with E-state index in [0.29, 0.717) is 13.1 Å². The Labute approximate surface area is 178 Å². The zero-order chi connectivity index (χ0) is 18.4. The minimum atomic E-state index is 0. The van der Waals surface area contributed by atoms with Crippen LogP contribution in [0.2, 0.25) is 0 Å². The summed E-state index contributed by atoms with van der Waals surface area (Å²) in [6, 6.07) is 6.11. The molecule has 0 saturated carbocycles. The van der Waals surface area contributed by atoms with Crippen molar-refractivity contribution < 1.29 is 0 Å². The number of pyridine rings is 1. The molecule has 148 valence electrons. The second-order valence-electron chi connectivity index (χ2n) is 6.50. The molecule has 1 saturated heterocycles. The number of anilines is 1. The summed E-state index contributed by atoms with van der Waals surface area (Å²) < 4.78 is 1.85. The lowest BCUT2D eigenvalue weighted by Gasteiger charge is -2.34. The minimum Gasteiger partial charge on any atom is -0.354 e. The smallest absolute Gasteiger partial charge is 0.191 e. The first-order chi connectivity index (χ1) is 12.7. The van der Waals surface area contributed by atoms with Crippen LogP contribution >= 0.6 is 24.0 Å². The molecule has 0 radical (unpaired) electrons. The fourth-order valence-corrected chi connectivity index (χ4v) is 3.02. The second-order valence-corrected chi connectivity index (χ2v) is 6.50. The van der Waals surface area contributed by atoms with E-state index in [-0.39, 0.29) is 24.0 Å². The molecule has 9 heteroatoms. The van der Waals surface area contributed by atoms with Gasteiger partial charge in [0, 0.05) is 64.8 Å². The molecule has 0 bridgehead atoms. The van der Waals surface area contributed by atoms with Crippen molar-refractivity contribution in [2.45, 2.75) is 13.1 Å². The maximum atomic E-state index is 4.62. The van der Waals surface area contributed by atoms with Crippen molar-refractivity contribution in [3.05, 3.63) is 41.9 Å². The van der Waals surface area contributed by atoms with Crippen molar-refractivity contribution in [1.29, 1.82) is 0 Å². The van der Waals surface area contributed by atoms with Gasteiger partial charge in [0.1, 0.15) is 5.82 Å². The predicted octanol–water partition coefficient (Wildman–Crippen LogP) is 1.05. The van der Waals surface area contributed by atoms with Gasteiger partial charge in [0.05, 0.1) is 12.2 Å². The molecule has 0 aromatic carbocycles. The van der Waals surface area contributed by atoms with E-state index in [0.717, 1.165) is 43.7 Å². The molecule has 2 aromatic rings. The van der Waals surface area contributed by atoms with Crippen LogP contribution in [0.3, 0.4) is 0 Å². The largest absolute Gasteiger partial charge is 0.354 e. The zero-order valence-corrected chi connectivity index (χ0v) is 18.6. The molecule has 1 fully saturated rings. The summed E-state index contributed by atoms with van der Waals surface area (Å²) in [7, 11) is 5.88. The Morgan fingerprint density at radius 2 is 1.81 bits per heavy atom. The Kier molecular flexibility index (Phi) is 8.29. The third-order valence-corrected chi connectivity index (χ3v) is 4.70. The Morgan fingerprint density at radius 1 is 1.07 bits per heavy atom. The van der Waals surface area contributed by atoms with Crippen LogP contribution in [-0.4, -0.2) is 65.9 Å². The average molecular weight is 484 g/mol. The highest BCUT2D eigenvalue weighted by atomic mass is 127. The number of guanidine groups is 1. The van der Waals surface area contributed by atoms with Gasteiger partial charge in [-0.1, -0.05) is 6.07 Å². The average Bonchev–Trinajstić information content (AvgIpc) is 3.08. The van der Waals surface area contributed by atoms with Gasteiger partial charge in [-0.05, 0) is 19.2 Å². The molecule has 1 aliphatic heterocycles. The maximum absolute atomic E-state index is 4.62. The van der Waals surface area contributed by atoms with Crippen molar-refractivity contribution in [1.82, 2.24) is 30.3 Å². The van der Waals surface area contributed by atoms with Crippen LogP contribution in [-0.2, 0) is 20.1 Å². The van der Waals surface area contributed by atoms with E-state index in [1.54, 1.807) is 13.2 Å². The Morgan fingerprint density at radius 3 is 2.48 bits per heavy atom. The molecule has 0 aliphatic carbocycles. The van der Waals surface area contributed by atoms with E-state index in [4.69, 9.17) is 0 Å². The van der Waals surface area contributed by atoms with Crippen LogP contribution in [0.25, 0.3) is 0 Å². The lowest BCUT2D eigenvalue weighted by Crippen LogP contribution is -2.45. The monoisotopic (exact) mass is 484 g/mol. The molecule has 3 heterocycles. The van der Waals surface area contributed by atoms with E-state index in [9.17, 15) is 0 Å². The van der Waals surface area contributed by atoms with Gasteiger partial charge in [-0.3, -0.25) is 9.67 Å². The molecular weight excluding hydrogens is 455 g/mol. The van der Waals surface area contributed by atoms with Gasteiger partial charge >= 0.3 is 0 Å². The third kappa shape index (κ3) is 5.80. The lowest BCUT2D eigenvalue weighted by atomic mass is 10.2. The fourth-order valence-electron chi connectivity index (χ4n) is 3.02. The van der Waals surface area contributed by atoms with Gasteiger partial charge in [0.15, 0.2) is 5.96 Å². The summed E-state index contributed by atoms with van der Waals surface area (Å²) in [5.74, 6) is 1.83. The number of aliphatic imine (C=N–C) groups is 1. The number of aromatic nitrogens is 3. The molecule has 27 heavy (non-hydrogen) atoms. The number of aryl methyl sites for hydroxylation is 1. The van der Waals surface area contributed by atoms with E-state index < -0.39 is 0 Å². The van der Waals surface area contributed by atoms with E-state index in [2.05, 4.69) is 48.6 Å². The molecule has 0 spiro atoms. The number of halogens is 1. The zero-order valence-electron chi connectivity index (χ0n) is 16.2.